The summed E-state index contributed by atoms with van der Waals surface area (Å²) in [4.78, 5) is 24.6. The Morgan fingerprint density at radius 3 is 2.04 bits per heavy atom. The third kappa shape index (κ3) is 4.21. The Morgan fingerprint density at radius 1 is 0.964 bits per heavy atom. The maximum Gasteiger partial charge on any atom is 0.441 e. The summed E-state index contributed by atoms with van der Waals surface area (Å²) in [5.41, 5.74) is -5.24. The molecule has 0 aliphatic heterocycles. The zero-order valence-electron chi connectivity index (χ0n) is 14.4. The van der Waals surface area contributed by atoms with Crippen LogP contribution in [0.5, 0.6) is 0 Å². The molecule has 28 heavy (non-hydrogen) atoms. The molecule has 2 N–H and O–H groups in total. The van der Waals surface area contributed by atoms with Gasteiger partial charge in [0.1, 0.15) is 17.2 Å². The van der Waals surface area contributed by atoms with Crippen LogP contribution in [0.15, 0.2) is 48.5 Å². The zero-order valence-corrected chi connectivity index (χ0v) is 14.4. The van der Waals surface area contributed by atoms with Crippen LogP contribution >= 0.6 is 0 Å². The summed E-state index contributed by atoms with van der Waals surface area (Å²) >= 11 is 0. The Morgan fingerprint density at radius 2 is 1.54 bits per heavy atom. The van der Waals surface area contributed by atoms with Crippen molar-refractivity contribution in [3.05, 3.63) is 65.7 Å². The van der Waals surface area contributed by atoms with Crippen LogP contribution in [-0.4, -0.2) is 30.3 Å². The van der Waals surface area contributed by atoms with E-state index in [1.54, 1.807) is 0 Å². The topological polar surface area (TPSA) is 67.4 Å². The van der Waals surface area contributed by atoms with E-state index in [1.807, 2.05) is 5.32 Å². The molecule has 0 saturated heterocycles. The van der Waals surface area contributed by atoms with Gasteiger partial charge in [0.2, 0.25) is 0 Å². The summed E-state index contributed by atoms with van der Waals surface area (Å²) in [6, 6.07) is 9.01. The van der Waals surface area contributed by atoms with Crippen LogP contribution in [-0.2, 0) is 9.53 Å². The van der Waals surface area contributed by atoms with Crippen molar-refractivity contribution in [1.82, 2.24) is 5.32 Å². The molecular formula is C18H15F5N2O3. The van der Waals surface area contributed by atoms with E-state index < -0.39 is 47.5 Å². The van der Waals surface area contributed by atoms with Gasteiger partial charge in [-0.25, -0.2) is 13.6 Å². The summed E-state index contributed by atoms with van der Waals surface area (Å²) in [6.07, 6.45) is -5.42. The number of benzene rings is 2. The highest BCUT2D eigenvalue weighted by atomic mass is 19.4. The number of para-hydroxylation sites is 1. The second-order valence-electron chi connectivity index (χ2n) is 5.51. The first kappa shape index (κ1) is 21.1. The van der Waals surface area contributed by atoms with E-state index in [0.29, 0.717) is 12.1 Å². The number of esters is 1. The van der Waals surface area contributed by atoms with Crippen LogP contribution in [0.25, 0.3) is 0 Å². The number of carbonyl (C=O) groups is 2. The van der Waals surface area contributed by atoms with Gasteiger partial charge in [0.05, 0.1) is 6.61 Å². The molecule has 1 atom stereocenters. The first-order chi connectivity index (χ1) is 13.1. The average molecular weight is 402 g/mol. The Bertz CT molecular complexity index is 838. The minimum atomic E-state index is -5.42. The molecule has 1 amide bonds. The predicted octanol–water partition coefficient (Wildman–Crippen LogP) is 3.63. The summed E-state index contributed by atoms with van der Waals surface area (Å²) in [5, 5.41) is 3.25. The number of halogens is 5. The number of nitrogens with one attached hydrogen (secondary N) is 2. The Labute approximate surface area is 156 Å². The average Bonchev–Trinajstić information content (AvgIpc) is 2.61. The number of alkyl halides is 3. The lowest BCUT2D eigenvalue weighted by atomic mass is 10.1. The molecule has 0 radical (unpaired) electrons. The van der Waals surface area contributed by atoms with Crippen molar-refractivity contribution in [3.63, 3.8) is 0 Å². The molecule has 0 aliphatic rings. The lowest BCUT2D eigenvalue weighted by Gasteiger charge is -2.35. The molecule has 0 heterocycles. The van der Waals surface area contributed by atoms with E-state index in [2.05, 4.69) is 4.74 Å². The molecule has 0 fully saturated rings. The molecule has 0 aromatic heterocycles. The van der Waals surface area contributed by atoms with Crippen molar-refractivity contribution in [2.24, 2.45) is 0 Å². The van der Waals surface area contributed by atoms with E-state index in [1.165, 1.54) is 42.6 Å². The van der Waals surface area contributed by atoms with Crippen molar-refractivity contribution in [2.45, 2.75) is 18.8 Å². The molecule has 2 aromatic carbocycles. The molecule has 0 unspecified atom stereocenters. The smallest absolute Gasteiger partial charge is 0.441 e. The van der Waals surface area contributed by atoms with Gasteiger partial charge in [-0.15, -0.1) is 0 Å². The molecule has 2 rings (SSSR count). The fraction of sp³-hybridized carbons (Fsp3) is 0.222. The van der Waals surface area contributed by atoms with Gasteiger partial charge in [0, 0.05) is 5.69 Å². The lowest BCUT2D eigenvalue weighted by molar-refractivity contribution is -0.204. The summed E-state index contributed by atoms with van der Waals surface area (Å²) < 4.78 is 74.0. The monoisotopic (exact) mass is 402 g/mol. The van der Waals surface area contributed by atoms with Gasteiger partial charge < -0.3 is 15.4 Å². The third-order valence-electron chi connectivity index (χ3n) is 3.60. The van der Waals surface area contributed by atoms with Crippen LogP contribution in [0.1, 0.15) is 17.3 Å². The number of carbonyl (C=O) groups excluding carboxylic acids is 2. The minimum absolute atomic E-state index is 0.192. The molecule has 0 bridgehead atoms. The van der Waals surface area contributed by atoms with E-state index in [-0.39, 0.29) is 5.69 Å². The van der Waals surface area contributed by atoms with Crippen molar-refractivity contribution in [3.8, 4) is 0 Å². The maximum atomic E-state index is 13.9. The van der Waals surface area contributed by atoms with Crippen molar-refractivity contribution >= 4 is 17.6 Å². The highest BCUT2D eigenvalue weighted by Crippen LogP contribution is 2.33. The quantitative estimate of drug-likeness (QED) is 0.440. The molecule has 0 saturated carbocycles. The van der Waals surface area contributed by atoms with Crippen LogP contribution in [0.2, 0.25) is 0 Å². The minimum Gasteiger partial charge on any atom is -0.463 e. The zero-order chi connectivity index (χ0) is 20.9. The summed E-state index contributed by atoms with van der Waals surface area (Å²) in [5.74, 6) is -6.46. The standard InChI is InChI=1S/C18H15F5N2O3/c1-2-28-16(27)17(18(21,22)23,24-11-7-4-3-5-8-11)25-15(26)14-12(19)9-6-10-13(14)20/h3-10,24H,2H2,1H3,(H,25,26)/t17-/m0/s1. The first-order valence-corrected chi connectivity index (χ1v) is 7.96. The first-order valence-electron chi connectivity index (χ1n) is 7.96. The fourth-order valence-electron chi connectivity index (χ4n) is 2.32. The second-order valence-corrected chi connectivity index (χ2v) is 5.51. The molecule has 0 spiro atoms. The fourth-order valence-corrected chi connectivity index (χ4v) is 2.32. The molecule has 5 nitrogen and oxygen atoms in total. The highest BCUT2D eigenvalue weighted by Gasteiger charge is 2.63. The number of ether oxygens (including phenoxy) is 1. The van der Waals surface area contributed by atoms with Gasteiger partial charge >= 0.3 is 17.8 Å². The number of hydrogen-bond acceptors (Lipinski definition) is 4. The predicted molar refractivity (Wildman–Crippen MR) is 89.3 cm³/mol. The molecule has 150 valence electrons. The van der Waals surface area contributed by atoms with E-state index in [9.17, 15) is 31.5 Å². The number of hydrogen-bond donors (Lipinski definition) is 2. The SMILES string of the molecule is CCOC(=O)[C@@](NC(=O)c1c(F)cccc1F)(Nc1ccccc1)C(F)(F)F. The van der Waals surface area contributed by atoms with E-state index in [0.717, 1.165) is 6.07 Å². The number of rotatable bonds is 6. The highest BCUT2D eigenvalue weighted by molar-refractivity contribution is 5.99. The van der Waals surface area contributed by atoms with Crippen molar-refractivity contribution in [2.75, 3.05) is 11.9 Å². The van der Waals surface area contributed by atoms with E-state index >= 15 is 0 Å². The van der Waals surface area contributed by atoms with E-state index in [4.69, 9.17) is 0 Å². The van der Waals surface area contributed by atoms with Gasteiger partial charge in [-0.1, -0.05) is 24.3 Å². The Hall–Kier alpha value is -3.17. The largest absolute Gasteiger partial charge is 0.463 e. The Kier molecular flexibility index (Phi) is 6.22. The van der Waals surface area contributed by atoms with Gasteiger partial charge in [-0.2, -0.15) is 13.2 Å². The number of anilines is 1. The summed E-state index contributed by atoms with van der Waals surface area (Å²) in [7, 11) is 0. The molecular weight excluding hydrogens is 387 g/mol. The number of amides is 1. The van der Waals surface area contributed by atoms with Gasteiger partial charge in [0.25, 0.3) is 5.91 Å². The Balaban J connectivity index is 2.55. The van der Waals surface area contributed by atoms with Gasteiger partial charge in [0.15, 0.2) is 0 Å². The molecule has 2 aromatic rings. The van der Waals surface area contributed by atoms with Crippen molar-refractivity contribution < 1.29 is 36.3 Å². The normalized spacial score (nSPS) is 13.4. The van der Waals surface area contributed by atoms with Crippen LogP contribution in [0.3, 0.4) is 0 Å². The second kappa shape index (κ2) is 8.24. The van der Waals surface area contributed by atoms with Crippen LogP contribution in [0.4, 0.5) is 27.6 Å². The molecule has 10 heteroatoms. The third-order valence-corrected chi connectivity index (χ3v) is 3.60. The van der Waals surface area contributed by atoms with Gasteiger partial charge in [-0.05, 0) is 31.2 Å². The summed E-state index contributed by atoms with van der Waals surface area (Å²) in [6.45, 7) is 0.830. The van der Waals surface area contributed by atoms with Crippen LogP contribution < -0.4 is 10.6 Å². The lowest BCUT2D eigenvalue weighted by Crippen LogP contribution is -2.69. The maximum absolute atomic E-state index is 13.9. The van der Waals surface area contributed by atoms with Crippen molar-refractivity contribution in [1.29, 1.82) is 0 Å². The van der Waals surface area contributed by atoms with Crippen LogP contribution in [0, 0.1) is 11.6 Å². The van der Waals surface area contributed by atoms with Gasteiger partial charge in [-0.3, -0.25) is 4.79 Å². The molecule has 0 aliphatic carbocycles.